The van der Waals surface area contributed by atoms with Crippen LogP contribution >= 0.6 is 0 Å². The van der Waals surface area contributed by atoms with Gasteiger partial charge in [-0.05, 0) is 30.3 Å². The number of furan rings is 1. The molecule has 2 aromatic carbocycles. The fourth-order valence-electron chi connectivity index (χ4n) is 5.13. The molecule has 0 spiro atoms. The van der Waals surface area contributed by atoms with Gasteiger partial charge in [-0.2, -0.15) is 0 Å². The molecule has 0 saturated carbocycles. The van der Waals surface area contributed by atoms with Crippen LogP contribution in [0.15, 0.2) is 67.7 Å². The smallest absolute Gasteiger partial charge is 0.327 e. The number of aromatic amines is 3. The molecule has 0 aliphatic carbocycles. The highest BCUT2D eigenvalue weighted by Gasteiger charge is 2.47. The van der Waals surface area contributed by atoms with Gasteiger partial charge in [0, 0.05) is 35.1 Å². The van der Waals surface area contributed by atoms with E-state index >= 15 is 8.78 Å². The third-order valence-corrected chi connectivity index (χ3v) is 6.66. The van der Waals surface area contributed by atoms with Gasteiger partial charge in [-0.25, -0.2) is 18.4 Å². The van der Waals surface area contributed by atoms with Crippen molar-refractivity contribution in [2.24, 2.45) is 0 Å². The molecule has 0 bridgehead atoms. The molecule has 0 fully saturated rings. The Kier molecular flexibility index (Phi) is 4.87. The topological polar surface area (TPSA) is 152 Å². The molecule has 10 nitrogen and oxygen atoms in total. The van der Waals surface area contributed by atoms with Crippen molar-refractivity contribution in [2.75, 3.05) is 4.90 Å². The van der Waals surface area contributed by atoms with Crippen LogP contribution in [0.5, 0.6) is 0 Å². The molecule has 3 aromatic heterocycles. The van der Waals surface area contributed by atoms with Gasteiger partial charge < -0.3 is 24.4 Å². The van der Waals surface area contributed by atoms with Gasteiger partial charge in [-0.15, -0.1) is 0 Å². The fraction of sp³-hybridized carbons (Fsp3) is 0.120. The zero-order chi connectivity index (χ0) is 26.0. The summed E-state index contributed by atoms with van der Waals surface area (Å²) in [5, 5.41) is 10.4. The minimum Gasteiger partial charge on any atom is -0.480 e. The predicted molar refractivity (Wildman–Crippen MR) is 128 cm³/mol. The Bertz CT molecular complexity index is 1920. The highest BCUT2D eigenvalue weighted by molar-refractivity contribution is 5.94. The lowest BCUT2D eigenvalue weighted by molar-refractivity contribution is -0.138. The van der Waals surface area contributed by atoms with Gasteiger partial charge in [0.05, 0.1) is 28.5 Å². The normalized spacial score (nSPS) is 17.0. The van der Waals surface area contributed by atoms with Crippen molar-refractivity contribution in [3.05, 3.63) is 108 Å². The average Bonchev–Trinajstić information content (AvgIpc) is 3.44. The van der Waals surface area contributed by atoms with Crippen LogP contribution in [0.3, 0.4) is 0 Å². The van der Waals surface area contributed by atoms with E-state index in [2.05, 4.69) is 15.0 Å². The molecule has 2 atom stereocenters. The van der Waals surface area contributed by atoms with E-state index < -0.39 is 52.9 Å². The van der Waals surface area contributed by atoms with E-state index in [1.807, 2.05) is 0 Å². The fourth-order valence-corrected chi connectivity index (χ4v) is 5.13. The van der Waals surface area contributed by atoms with Gasteiger partial charge in [-0.3, -0.25) is 14.6 Å². The SMILES string of the molecule is O=C(O)C1C(c2ccc[nH]c2=O)c2c(cc(F)c3ccoc23)N1Cc1cc2c(=O)[nH]c(=O)[nH]c2cc1F. The minimum atomic E-state index is -1.45. The van der Waals surface area contributed by atoms with Crippen LogP contribution in [-0.4, -0.2) is 32.1 Å². The lowest BCUT2D eigenvalue weighted by Crippen LogP contribution is -2.42. The number of H-pyrrole nitrogens is 3. The maximum atomic E-state index is 15.2. The number of benzene rings is 2. The van der Waals surface area contributed by atoms with Crippen molar-refractivity contribution >= 4 is 33.5 Å². The molecule has 1 aliphatic heterocycles. The van der Waals surface area contributed by atoms with Crippen molar-refractivity contribution in [3.63, 3.8) is 0 Å². The quantitative estimate of drug-likeness (QED) is 0.292. The monoisotopic (exact) mass is 506 g/mol. The number of anilines is 1. The molecule has 0 radical (unpaired) electrons. The van der Waals surface area contributed by atoms with Gasteiger partial charge in [0.1, 0.15) is 23.3 Å². The molecule has 37 heavy (non-hydrogen) atoms. The average molecular weight is 506 g/mol. The van der Waals surface area contributed by atoms with Crippen LogP contribution < -0.4 is 21.7 Å². The Labute approximate surface area is 203 Å². The molecule has 4 heterocycles. The molecule has 6 rings (SSSR count). The molecular formula is C25H16F2N4O6. The van der Waals surface area contributed by atoms with E-state index in [0.29, 0.717) is 0 Å². The van der Waals surface area contributed by atoms with E-state index in [4.69, 9.17) is 4.42 Å². The lowest BCUT2D eigenvalue weighted by Gasteiger charge is -2.27. The molecule has 1 aliphatic rings. The first-order chi connectivity index (χ1) is 17.7. The molecule has 186 valence electrons. The van der Waals surface area contributed by atoms with Crippen LogP contribution in [-0.2, 0) is 11.3 Å². The summed E-state index contributed by atoms with van der Waals surface area (Å²) in [7, 11) is 0. The highest BCUT2D eigenvalue weighted by atomic mass is 19.1. The first kappa shape index (κ1) is 22.5. The van der Waals surface area contributed by atoms with E-state index in [1.165, 1.54) is 41.6 Å². The number of fused-ring (bicyclic) bond motifs is 4. The summed E-state index contributed by atoms with van der Waals surface area (Å²) >= 11 is 0. The van der Waals surface area contributed by atoms with Gasteiger partial charge in [-0.1, -0.05) is 6.07 Å². The van der Waals surface area contributed by atoms with Crippen LogP contribution in [0.1, 0.15) is 22.6 Å². The van der Waals surface area contributed by atoms with Gasteiger partial charge in [0.2, 0.25) is 0 Å². The zero-order valence-electron chi connectivity index (χ0n) is 18.7. The molecule has 12 heteroatoms. The number of carboxylic acid groups (broad SMARTS) is 1. The van der Waals surface area contributed by atoms with Crippen LogP contribution in [0, 0.1) is 11.6 Å². The molecule has 0 saturated heterocycles. The second-order valence-corrected chi connectivity index (χ2v) is 8.70. The van der Waals surface area contributed by atoms with Crippen molar-refractivity contribution in [3.8, 4) is 0 Å². The van der Waals surface area contributed by atoms with E-state index in [0.717, 1.165) is 12.1 Å². The number of carboxylic acids is 1. The second-order valence-electron chi connectivity index (χ2n) is 8.70. The molecule has 2 unspecified atom stereocenters. The number of aromatic nitrogens is 3. The maximum absolute atomic E-state index is 15.2. The van der Waals surface area contributed by atoms with E-state index in [1.54, 1.807) is 0 Å². The predicted octanol–water partition coefficient (Wildman–Crippen LogP) is 2.53. The number of rotatable bonds is 4. The van der Waals surface area contributed by atoms with Crippen LogP contribution in [0.2, 0.25) is 0 Å². The van der Waals surface area contributed by atoms with Gasteiger partial charge >= 0.3 is 11.7 Å². The summed E-state index contributed by atoms with van der Waals surface area (Å²) < 4.78 is 35.7. The number of halogens is 2. The van der Waals surface area contributed by atoms with Gasteiger partial charge in [0.25, 0.3) is 11.1 Å². The third kappa shape index (κ3) is 3.37. The third-order valence-electron chi connectivity index (χ3n) is 6.66. The van der Waals surface area contributed by atoms with Crippen molar-refractivity contribution in [2.45, 2.75) is 18.5 Å². The molecule has 5 aromatic rings. The summed E-state index contributed by atoms with van der Waals surface area (Å²) in [4.78, 5) is 57.5. The largest absolute Gasteiger partial charge is 0.480 e. The Balaban J connectivity index is 1.60. The number of nitrogens with one attached hydrogen (secondary N) is 3. The van der Waals surface area contributed by atoms with Crippen molar-refractivity contribution < 1.29 is 23.1 Å². The molecular weight excluding hydrogens is 490 g/mol. The van der Waals surface area contributed by atoms with Crippen molar-refractivity contribution in [1.29, 1.82) is 0 Å². The highest BCUT2D eigenvalue weighted by Crippen LogP contribution is 2.49. The first-order valence-corrected chi connectivity index (χ1v) is 11.1. The Hall–Kier alpha value is -5.00. The van der Waals surface area contributed by atoms with Crippen molar-refractivity contribution in [1.82, 2.24) is 15.0 Å². The Morgan fingerprint density at radius 2 is 1.84 bits per heavy atom. The second kappa shape index (κ2) is 8.01. The number of hydrogen-bond donors (Lipinski definition) is 4. The van der Waals surface area contributed by atoms with Crippen LogP contribution in [0.4, 0.5) is 14.5 Å². The number of nitrogens with zero attached hydrogens (tertiary/aromatic N) is 1. The molecule has 4 N–H and O–H groups in total. The van der Waals surface area contributed by atoms with Gasteiger partial charge in [0.15, 0.2) is 0 Å². The number of aliphatic carboxylic acids is 1. The standard InChI is InChI=1S/C25H16F2N4O6/c26-14-7-16-13(23(33)30-25(36)29-16)6-10(14)9-31-17-8-15(27)11-3-5-37-21(11)19(17)18(20(31)24(34)35)12-2-1-4-28-22(12)32/h1-8,18,20H,9H2,(H,28,32)(H,34,35)(H2,29,30,33,36). The number of carbonyl (C=O) groups is 1. The Morgan fingerprint density at radius 1 is 1.03 bits per heavy atom. The summed E-state index contributed by atoms with van der Waals surface area (Å²) in [6, 6.07) is 6.24. The summed E-state index contributed by atoms with van der Waals surface area (Å²) in [5.74, 6) is -3.94. The van der Waals surface area contributed by atoms with E-state index in [9.17, 15) is 24.3 Å². The summed E-state index contributed by atoms with van der Waals surface area (Å²) in [5.41, 5.74) is -1.66. The maximum Gasteiger partial charge on any atom is 0.327 e. The number of pyridine rings is 1. The number of hydrogen-bond acceptors (Lipinski definition) is 6. The minimum absolute atomic E-state index is 0.0222. The zero-order valence-corrected chi connectivity index (χ0v) is 18.7. The Morgan fingerprint density at radius 3 is 2.59 bits per heavy atom. The summed E-state index contributed by atoms with van der Waals surface area (Å²) in [6.07, 6.45) is 2.66. The molecule has 0 amide bonds. The summed E-state index contributed by atoms with van der Waals surface area (Å²) in [6.45, 7) is -0.392. The van der Waals surface area contributed by atoms with Crippen LogP contribution in [0.25, 0.3) is 21.9 Å². The first-order valence-electron chi connectivity index (χ1n) is 11.1. The lowest BCUT2D eigenvalue weighted by atomic mass is 9.87. The van der Waals surface area contributed by atoms with E-state index in [-0.39, 0.29) is 44.2 Å².